The van der Waals surface area contributed by atoms with Crippen molar-refractivity contribution in [1.29, 1.82) is 0 Å². The quantitative estimate of drug-likeness (QED) is 0.298. The van der Waals surface area contributed by atoms with Crippen LogP contribution in [0.15, 0.2) is 17.3 Å². The molecule has 0 aliphatic heterocycles. The maximum absolute atomic E-state index is 13.6. The van der Waals surface area contributed by atoms with Gasteiger partial charge in [-0.05, 0) is 18.8 Å². The Morgan fingerprint density at radius 2 is 1.80 bits per heavy atom. The van der Waals surface area contributed by atoms with Crippen LogP contribution in [0.3, 0.4) is 0 Å². The number of sulfone groups is 1. The molecule has 0 radical (unpaired) electrons. The van der Waals surface area contributed by atoms with Gasteiger partial charge in [0, 0.05) is 24.2 Å². The van der Waals surface area contributed by atoms with Gasteiger partial charge in [0.05, 0.1) is 23.1 Å². The van der Waals surface area contributed by atoms with Crippen LogP contribution >= 0.6 is 9.69 Å². The van der Waals surface area contributed by atoms with Gasteiger partial charge in [-0.15, -0.1) is 0 Å². The first-order chi connectivity index (χ1) is 13.8. The predicted octanol–water partition coefficient (Wildman–Crippen LogP) is 3.30. The van der Waals surface area contributed by atoms with Crippen molar-refractivity contribution in [3.05, 3.63) is 24.3 Å². The molecule has 0 bridgehead atoms. The molecule has 7 nitrogen and oxygen atoms in total. The molecule has 0 spiro atoms. The fourth-order valence-electron chi connectivity index (χ4n) is 2.63. The normalized spacial score (nSPS) is 12.8. The summed E-state index contributed by atoms with van der Waals surface area (Å²) in [5.41, 5.74) is -1.68. The first kappa shape index (κ1) is 24.6. The van der Waals surface area contributed by atoms with Crippen molar-refractivity contribution in [1.82, 2.24) is 24.1 Å². The summed E-state index contributed by atoms with van der Waals surface area (Å²) >= 11 is 0.847. The van der Waals surface area contributed by atoms with E-state index in [2.05, 4.69) is 21.3 Å². The zero-order valence-corrected chi connectivity index (χ0v) is 20.3. The summed E-state index contributed by atoms with van der Waals surface area (Å²) in [5.74, 6) is -5.43. The van der Waals surface area contributed by atoms with E-state index in [1.807, 2.05) is 0 Å². The molecule has 0 amide bonds. The summed E-state index contributed by atoms with van der Waals surface area (Å²) in [7, 11) is 3.87. The molecule has 0 fully saturated rings. The third kappa shape index (κ3) is 4.09. The molecule has 0 unspecified atom stereocenters. The van der Waals surface area contributed by atoms with Crippen molar-refractivity contribution in [2.24, 2.45) is 14.1 Å². The summed E-state index contributed by atoms with van der Waals surface area (Å²) in [4.78, 5) is 11.1. The number of pyridine rings is 1. The van der Waals surface area contributed by atoms with Crippen LogP contribution in [0.2, 0.25) is 0 Å². The summed E-state index contributed by atoms with van der Waals surface area (Å²) in [6, 6.07) is 0.521. The summed E-state index contributed by atoms with van der Waals surface area (Å²) in [5, 5.41) is -0.192. The monoisotopic (exact) mass is 521 g/mol. The predicted molar refractivity (Wildman–Crippen MR) is 93.1 cm³/mol. The van der Waals surface area contributed by atoms with E-state index in [1.165, 1.54) is 25.6 Å². The third-order valence-corrected chi connectivity index (χ3v) is 5.97. The first-order valence-corrected chi connectivity index (χ1v) is 13.6. The van der Waals surface area contributed by atoms with Crippen LogP contribution in [0, 0.1) is 6.33 Å². The van der Waals surface area contributed by atoms with Crippen LogP contribution in [0.25, 0.3) is 22.6 Å². The molecule has 0 N–H and O–H groups in total. The molecule has 160 valence electrons. The van der Waals surface area contributed by atoms with Crippen LogP contribution in [0.4, 0.5) is 22.0 Å². The van der Waals surface area contributed by atoms with Crippen molar-refractivity contribution in [2.75, 3.05) is 5.75 Å². The van der Waals surface area contributed by atoms with Gasteiger partial charge in [0.2, 0.25) is 0 Å². The van der Waals surface area contributed by atoms with E-state index in [9.17, 15) is 30.4 Å². The van der Waals surface area contributed by atoms with Crippen LogP contribution in [-0.4, -0.2) is 44.4 Å². The minimum absolute atomic E-state index is 0.0341. The Bertz CT molecular complexity index is 1180. The number of hydrogen-bond donors (Lipinski definition) is 0. The standard InChI is InChI=1S/C15H13F5N5O2S.ClH.Zn/c1-4-28(26,27)13-11(22-7-24(13)2)12-23-8-5-10(14(16,17)15(18,19)20)21-6-9(8)25(12)3;;/h5-6H,4H2,1-3H3;1H;/q-1;;+2/p-1. The van der Waals surface area contributed by atoms with E-state index >= 15 is 0 Å². The number of aryl methyl sites for hydroxylation is 2. The van der Waals surface area contributed by atoms with E-state index in [4.69, 9.17) is 9.69 Å². The van der Waals surface area contributed by atoms with Gasteiger partial charge in [-0.2, -0.15) is 22.0 Å². The molecule has 3 aromatic heterocycles. The second-order valence-corrected chi connectivity index (χ2v) is 8.15. The minimum atomic E-state index is -5.82. The Kier molecular flexibility index (Phi) is 6.95. The second-order valence-electron chi connectivity index (χ2n) is 5.95. The molecule has 3 heterocycles. The number of imidazole rings is 2. The SMILES string of the molecule is CCS(=O)(=O)c1c(-c2nc3cc(C(F)(F)C(F)(F)F)ncc3n2C)n[c-]n1C.[Cl][Zn+]. The zero-order chi connectivity index (χ0) is 23.1. The third-order valence-electron chi connectivity index (χ3n) is 4.15. The fraction of sp³-hybridized carbons (Fsp3) is 0.400. The van der Waals surface area contributed by atoms with E-state index in [0.717, 1.165) is 28.1 Å². The number of nitrogens with zero attached hydrogens (tertiary/aromatic N) is 5. The Labute approximate surface area is 181 Å². The van der Waals surface area contributed by atoms with Gasteiger partial charge in [-0.25, -0.2) is 13.4 Å². The van der Waals surface area contributed by atoms with Crippen molar-refractivity contribution in [3.8, 4) is 11.5 Å². The number of hydrogen-bond acceptors (Lipinski definition) is 5. The van der Waals surface area contributed by atoms with Crippen molar-refractivity contribution in [2.45, 2.75) is 24.0 Å². The van der Waals surface area contributed by atoms with Gasteiger partial charge < -0.3 is 14.1 Å². The Hall–Kier alpha value is -1.66. The molecule has 3 aromatic rings. The van der Waals surface area contributed by atoms with E-state index in [1.54, 1.807) is 0 Å². The molecule has 0 saturated carbocycles. The van der Waals surface area contributed by atoms with Crippen LogP contribution in [0.1, 0.15) is 12.6 Å². The first-order valence-electron chi connectivity index (χ1n) is 8.03. The van der Waals surface area contributed by atoms with Crippen LogP contribution in [-0.2, 0) is 47.2 Å². The number of aromatic nitrogens is 5. The van der Waals surface area contributed by atoms with Crippen molar-refractivity contribution in [3.63, 3.8) is 0 Å². The molecule has 0 saturated heterocycles. The molecule has 0 aliphatic rings. The number of alkyl halides is 5. The molecule has 0 aromatic carbocycles. The van der Waals surface area contributed by atoms with Gasteiger partial charge in [0.1, 0.15) is 15.5 Å². The Balaban J connectivity index is 0.00000155. The number of fused-ring (bicyclic) bond motifs is 1. The summed E-state index contributed by atoms with van der Waals surface area (Å²) in [6.45, 7) is 1.43. The second kappa shape index (κ2) is 8.47. The van der Waals surface area contributed by atoms with Gasteiger partial charge in [-0.1, -0.05) is 6.92 Å². The molecular weight excluding hydrogens is 510 g/mol. The van der Waals surface area contributed by atoms with Crippen molar-refractivity contribution < 1.29 is 47.7 Å². The van der Waals surface area contributed by atoms with Gasteiger partial charge in [0.15, 0.2) is 0 Å². The van der Waals surface area contributed by atoms with Gasteiger partial charge in [-0.3, -0.25) is 4.98 Å². The fourth-order valence-corrected chi connectivity index (χ4v) is 3.80. The number of rotatable bonds is 4. The van der Waals surface area contributed by atoms with E-state index < -0.39 is 27.6 Å². The van der Waals surface area contributed by atoms with Crippen LogP contribution in [0.5, 0.6) is 0 Å². The Morgan fingerprint density at radius 1 is 1.20 bits per heavy atom. The average molecular weight is 523 g/mol. The van der Waals surface area contributed by atoms with Gasteiger partial charge >= 0.3 is 39.1 Å². The molecular formula is C15H13ClF5N5O2SZn. The average Bonchev–Trinajstić information content (AvgIpc) is 3.22. The topological polar surface area (TPSA) is 82.7 Å². The van der Waals surface area contributed by atoms with Gasteiger partial charge in [0.25, 0.3) is 0 Å². The molecule has 0 aliphatic carbocycles. The summed E-state index contributed by atoms with van der Waals surface area (Å²) < 4.78 is 92.1. The number of halogens is 6. The Morgan fingerprint density at radius 3 is 2.33 bits per heavy atom. The molecule has 0 atom stereocenters. The van der Waals surface area contributed by atoms with Crippen LogP contribution < -0.4 is 0 Å². The van der Waals surface area contributed by atoms with E-state index in [-0.39, 0.29) is 33.3 Å². The van der Waals surface area contributed by atoms with E-state index in [0.29, 0.717) is 6.07 Å². The maximum atomic E-state index is 13.6. The molecule has 30 heavy (non-hydrogen) atoms. The zero-order valence-electron chi connectivity index (χ0n) is 15.8. The molecule has 3 rings (SSSR count). The molecule has 15 heteroatoms. The van der Waals surface area contributed by atoms with Crippen molar-refractivity contribution >= 4 is 30.6 Å². The summed E-state index contributed by atoms with van der Waals surface area (Å²) in [6.07, 6.45) is -2.54.